The first-order chi connectivity index (χ1) is 16.0. The molecule has 174 valence electrons. The number of fused-ring (bicyclic) bond motifs is 1. The number of ether oxygens (including phenoxy) is 2. The van der Waals surface area contributed by atoms with Crippen molar-refractivity contribution in [1.29, 1.82) is 5.26 Å². The van der Waals surface area contributed by atoms with Crippen LogP contribution >= 0.6 is 0 Å². The zero-order valence-corrected chi connectivity index (χ0v) is 19.0. The Morgan fingerprint density at radius 3 is 2.55 bits per heavy atom. The van der Waals surface area contributed by atoms with Crippen molar-refractivity contribution in [1.82, 2.24) is 15.1 Å². The van der Waals surface area contributed by atoms with E-state index in [4.69, 9.17) is 9.47 Å². The van der Waals surface area contributed by atoms with Gasteiger partial charge in [-0.3, -0.25) is 4.79 Å². The summed E-state index contributed by atoms with van der Waals surface area (Å²) in [6.45, 7) is 3.18. The van der Waals surface area contributed by atoms with E-state index in [1.165, 1.54) is 0 Å². The number of piperidine rings is 1. The van der Waals surface area contributed by atoms with Crippen LogP contribution < -0.4 is 5.32 Å². The zero-order valence-electron chi connectivity index (χ0n) is 19.0. The van der Waals surface area contributed by atoms with Crippen LogP contribution in [0.4, 0.5) is 4.79 Å². The molecule has 2 heterocycles. The van der Waals surface area contributed by atoms with Gasteiger partial charge in [0.15, 0.2) is 6.10 Å². The van der Waals surface area contributed by atoms with Gasteiger partial charge < -0.3 is 24.6 Å². The normalized spacial score (nSPS) is 19.5. The van der Waals surface area contributed by atoms with E-state index in [1.807, 2.05) is 49.5 Å². The molecule has 2 aromatic rings. The molecule has 4 rings (SSSR count). The van der Waals surface area contributed by atoms with Gasteiger partial charge in [0.2, 0.25) is 0 Å². The molecule has 0 bridgehead atoms. The van der Waals surface area contributed by atoms with Gasteiger partial charge in [-0.1, -0.05) is 42.5 Å². The van der Waals surface area contributed by atoms with Crippen LogP contribution in [-0.4, -0.2) is 79.9 Å². The number of carbonyl (C=O) groups excluding carboxylic acids is 2. The standard InChI is InChI=1S/C25H30N4O4/c1-28-11-9-25(18-26,10-12-28)27-23(30)22(33-24(31)29-13-15-32-16-14-29)17-20-7-4-6-19-5-2-3-8-21(19)20/h2-8,22H,9-17H2,1H3,(H,27,30)/t22-/m0/s1. The Morgan fingerprint density at radius 2 is 1.82 bits per heavy atom. The summed E-state index contributed by atoms with van der Waals surface area (Å²) in [5, 5.41) is 14.9. The molecular weight excluding hydrogens is 420 g/mol. The van der Waals surface area contributed by atoms with Crippen LogP contribution in [0, 0.1) is 11.3 Å². The number of amides is 2. The average molecular weight is 451 g/mol. The summed E-state index contributed by atoms with van der Waals surface area (Å²) in [6, 6.07) is 16.1. The first-order valence-corrected chi connectivity index (χ1v) is 11.4. The monoisotopic (exact) mass is 450 g/mol. The quantitative estimate of drug-likeness (QED) is 0.751. The predicted molar refractivity (Wildman–Crippen MR) is 124 cm³/mol. The molecule has 8 nitrogen and oxygen atoms in total. The van der Waals surface area contributed by atoms with Gasteiger partial charge in [0.1, 0.15) is 5.54 Å². The minimum absolute atomic E-state index is 0.227. The van der Waals surface area contributed by atoms with Crippen molar-refractivity contribution in [2.45, 2.75) is 30.9 Å². The molecule has 2 fully saturated rings. The minimum atomic E-state index is -1.05. The fourth-order valence-electron chi connectivity index (χ4n) is 4.38. The number of nitriles is 1. The van der Waals surface area contributed by atoms with Crippen LogP contribution in [-0.2, 0) is 20.7 Å². The van der Waals surface area contributed by atoms with E-state index in [2.05, 4.69) is 16.3 Å². The third kappa shape index (κ3) is 5.44. The molecular formula is C25H30N4O4. The zero-order chi connectivity index (χ0) is 23.3. The molecule has 0 unspecified atom stereocenters. The fourth-order valence-corrected chi connectivity index (χ4v) is 4.38. The highest BCUT2D eigenvalue weighted by molar-refractivity contribution is 5.88. The summed E-state index contributed by atoms with van der Waals surface area (Å²) < 4.78 is 11.1. The summed E-state index contributed by atoms with van der Waals surface area (Å²) in [7, 11) is 2.00. The highest BCUT2D eigenvalue weighted by Gasteiger charge is 2.38. The number of likely N-dealkylation sites (tertiary alicyclic amines) is 1. The van der Waals surface area contributed by atoms with Crippen LogP contribution in [0.25, 0.3) is 10.8 Å². The number of nitrogens with one attached hydrogen (secondary N) is 1. The number of benzene rings is 2. The summed E-state index contributed by atoms with van der Waals surface area (Å²) in [5.74, 6) is -0.435. The molecule has 33 heavy (non-hydrogen) atoms. The second-order valence-corrected chi connectivity index (χ2v) is 8.80. The Bertz CT molecular complexity index is 1030. The van der Waals surface area contributed by atoms with Crippen LogP contribution in [0.5, 0.6) is 0 Å². The molecule has 8 heteroatoms. The topological polar surface area (TPSA) is 94.9 Å². The Balaban J connectivity index is 1.57. The van der Waals surface area contributed by atoms with Gasteiger partial charge in [-0.25, -0.2) is 4.79 Å². The number of carbonyl (C=O) groups is 2. The molecule has 0 radical (unpaired) electrons. The number of rotatable bonds is 5. The lowest BCUT2D eigenvalue weighted by Crippen LogP contribution is -2.57. The maximum absolute atomic E-state index is 13.4. The Labute approximate surface area is 194 Å². The van der Waals surface area contributed by atoms with E-state index in [1.54, 1.807) is 4.90 Å². The molecule has 2 saturated heterocycles. The fraction of sp³-hybridized carbons (Fsp3) is 0.480. The molecule has 0 aliphatic carbocycles. The van der Waals surface area contributed by atoms with Gasteiger partial charge in [-0.15, -0.1) is 0 Å². The molecule has 2 aromatic carbocycles. The van der Waals surface area contributed by atoms with Gasteiger partial charge in [0.05, 0.1) is 19.3 Å². The Morgan fingerprint density at radius 1 is 1.12 bits per heavy atom. The second kappa shape index (κ2) is 10.2. The van der Waals surface area contributed by atoms with Gasteiger partial charge in [-0.05, 0) is 36.2 Å². The van der Waals surface area contributed by atoms with Gasteiger partial charge in [0, 0.05) is 32.6 Å². The van der Waals surface area contributed by atoms with Crippen molar-refractivity contribution in [3.05, 3.63) is 48.0 Å². The van der Waals surface area contributed by atoms with Crippen LogP contribution in [0.1, 0.15) is 18.4 Å². The average Bonchev–Trinajstić information content (AvgIpc) is 2.86. The Kier molecular flexibility index (Phi) is 7.11. The highest BCUT2D eigenvalue weighted by Crippen LogP contribution is 2.24. The number of morpholine rings is 1. The van der Waals surface area contributed by atoms with Crippen molar-refractivity contribution in [3.8, 4) is 6.07 Å². The third-order valence-electron chi connectivity index (χ3n) is 6.51. The van der Waals surface area contributed by atoms with Crippen molar-refractivity contribution < 1.29 is 19.1 Å². The molecule has 2 amide bonds. The lowest BCUT2D eigenvalue weighted by atomic mass is 9.88. The summed E-state index contributed by atoms with van der Waals surface area (Å²) in [4.78, 5) is 30.0. The SMILES string of the molecule is CN1CCC(C#N)(NC(=O)[C@H](Cc2cccc3ccccc23)OC(=O)N2CCOCC2)CC1. The predicted octanol–water partition coefficient (Wildman–Crippen LogP) is 2.32. The lowest BCUT2D eigenvalue weighted by molar-refractivity contribution is -0.132. The van der Waals surface area contributed by atoms with Gasteiger partial charge >= 0.3 is 6.09 Å². The van der Waals surface area contributed by atoms with Crippen LogP contribution in [0.2, 0.25) is 0 Å². The smallest absolute Gasteiger partial charge is 0.410 e. The molecule has 0 saturated carbocycles. The molecule has 0 aromatic heterocycles. The van der Waals surface area contributed by atoms with Gasteiger partial charge in [0.25, 0.3) is 5.91 Å². The van der Waals surface area contributed by atoms with E-state index in [0.29, 0.717) is 39.1 Å². The van der Waals surface area contributed by atoms with E-state index < -0.39 is 23.6 Å². The highest BCUT2D eigenvalue weighted by atomic mass is 16.6. The summed E-state index contributed by atoms with van der Waals surface area (Å²) in [5.41, 5.74) is -0.0381. The second-order valence-electron chi connectivity index (χ2n) is 8.80. The van der Waals surface area contributed by atoms with Crippen LogP contribution in [0.3, 0.4) is 0 Å². The first-order valence-electron chi connectivity index (χ1n) is 11.4. The lowest BCUT2D eigenvalue weighted by Gasteiger charge is -2.37. The Hall–Kier alpha value is -3.15. The minimum Gasteiger partial charge on any atom is -0.436 e. The molecule has 2 aliphatic rings. The van der Waals surface area contributed by atoms with Gasteiger partial charge in [-0.2, -0.15) is 5.26 Å². The van der Waals surface area contributed by atoms with E-state index in [0.717, 1.165) is 29.4 Å². The molecule has 1 atom stereocenters. The van der Waals surface area contributed by atoms with Crippen molar-refractivity contribution in [2.75, 3.05) is 46.4 Å². The number of nitrogens with zero attached hydrogens (tertiary/aromatic N) is 3. The van der Waals surface area contributed by atoms with E-state index in [9.17, 15) is 14.9 Å². The molecule has 2 aliphatic heterocycles. The van der Waals surface area contributed by atoms with E-state index >= 15 is 0 Å². The largest absolute Gasteiger partial charge is 0.436 e. The van der Waals surface area contributed by atoms with Crippen LogP contribution in [0.15, 0.2) is 42.5 Å². The van der Waals surface area contributed by atoms with Crippen molar-refractivity contribution >= 4 is 22.8 Å². The number of hydrogen-bond donors (Lipinski definition) is 1. The van der Waals surface area contributed by atoms with Crippen molar-refractivity contribution in [3.63, 3.8) is 0 Å². The number of hydrogen-bond acceptors (Lipinski definition) is 6. The maximum Gasteiger partial charge on any atom is 0.410 e. The van der Waals surface area contributed by atoms with E-state index in [-0.39, 0.29) is 6.42 Å². The third-order valence-corrected chi connectivity index (χ3v) is 6.51. The summed E-state index contributed by atoms with van der Waals surface area (Å²) >= 11 is 0. The first kappa shape index (κ1) is 23.0. The molecule has 1 N–H and O–H groups in total. The summed E-state index contributed by atoms with van der Waals surface area (Å²) in [6.07, 6.45) is -0.289. The molecule has 0 spiro atoms. The van der Waals surface area contributed by atoms with Crippen molar-refractivity contribution in [2.24, 2.45) is 0 Å². The maximum atomic E-state index is 13.4.